The van der Waals surface area contributed by atoms with Crippen LogP contribution in [0.1, 0.15) is 12.8 Å². The molecule has 3 nitrogen and oxygen atoms in total. The smallest absolute Gasteiger partial charge is 0.0721 e. The number of aliphatic hydroxyl groups is 1. The van der Waals surface area contributed by atoms with Gasteiger partial charge in [0.05, 0.1) is 12.2 Å². The molecule has 1 fully saturated rings. The predicted molar refractivity (Wildman–Crippen MR) is 34.0 cm³/mol. The van der Waals surface area contributed by atoms with E-state index in [2.05, 4.69) is 0 Å². The number of ether oxygens (including phenoxy) is 1. The third-order valence-corrected chi connectivity index (χ3v) is 1.60. The van der Waals surface area contributed by atoms with Crippen molar-refractivity contribution in [3.8, 4) is 0 Å². The Morgan fingerprint density at radius 2 is 2.44 bits per heavy atom. The van der Waals surface area contributed by atoms with Crippen LogP contribution in [0.2, 0.25) is 0 Å². The van der Waals surface area contributed by atoms with E-state index in [4.69, 9.17) is 15.6 Å². The van der Waals surface area contributed by atoms with Crippen molar-refractivity contribution in [2.75, 3.05) is 13.2 Å². The van der Waals surface area contributed by atoms with Gasteiger partial charge in [0.1, 0.15) is 0 Å². The molecule has 3 N–H and O–H groups in total. The fourth-order valence-electron chi connectivity index (χ4n) is 1.02. The fourth-order valence-corrected chi connectivity index (χ4v) is 1.02. The molecule has 1 heterocycles. The minimum absolute atomic E-state index is 0.0914. The molecular formula is C6H13NO2. The second kappa shape index (κ2) is 3.15. The minimum atomic E-state index is -0.188. The molecule has 0 aromatic carbocycles. The lowest BCUT2D eigenvalue weighted by Crippen LogP contribution is -2.34. The maximum absolute atomic E-state index is 9.08. The fraction of sp³-hybridized carbons (Fsp3) is 1.00. The predicted octanol–water partition coefficient (Wildman–Crippen LogP) is -0.515. The molecule has 0 bridgehead atoms. The molecule has 0 unspecified atom stereocenters. The maximum atomic E-state index is 9.08. The van der Waals surface area contributed by atoms with Gasteiger partial charge in [-0.15, -0.1) is 0 Å². The van der Waals surface area contributed by atoms with Gasteiger partial charge in [0, 0.05) is 19.6 Å². The van der Waals surface area contributed by atoms with Crippen LogP contribution in [0, 0.1) is 0 Å². The van der Waals surface area contributed by atoms with Gasteiger partial charge < -0.3 is 15.6 Å². The Kier molecular flexibility index (Phi) is 2.45. The molecule has 2 atom stereocenters. The van der Waals surface area contributed by atoms with Crippen LogP contribution >= 0.6 is 0 Å². The third-order valence-electron chi connectivity index (χ3n) is 1.60. The van der Waals surface area contributed by atoms with Crippen molar-refractivity contribution in [1.29, 1.82) is 0 Å². The summed E-state index contributed by atoms with van der Waals surface area (Å²) in [5.41, 5.74) is 5.33. The lowest BCUT2D eigenvalue weighted by molar-refractivity contribution is -0.0383. The normalized spacial score (nSPS) is 36.7. The van der Waals surface area contributed by atoms with Crippen LogP contribution in [-0.4, -0.2) is 30.5 Å². The number of aliphatic hydroxyl groups excluding tert-OH is 1. The maximum Gasteiger partial charge on any atom is 0.0721 e. The van der Waals surface area contributed by atoms with E-state index in [0.29, 0.717) is 19.6 Å². The zero-order valence-electron chi connectivity index (χ0n) is 5.42. The zero-order chi connectivity index (χ0) is 6.69. The highest BCUT2D eigenvalue weighted by Crippen LogP contribution is 2.11. The molecule has 9 heavy (non-hydrogen) atoms. The molecule has 1 rings (SSSR count). The molecule has 1 aliphatic rings. The number of hydrogen-bond donors (Lipinski definition) is 2. The van der Waals surface area contributed by atoms with E-state index in [1.165, 1.54) is 0 Å². The Morgan fingerprint density at radius 3 is 2.89 bits per heavy atom. The summed E-state index contributed by atoms with van der Waals surface area (Å²) in [4.78, 5) is 0. The standard InChI is InChI=1S/C6H13NO2/c7-4-6-3-5(8)1-2-9-6/h5-6,8H,1-4,7H2/t5-,6+/m0/s1. The first-order chi connectivity index (χ1) is 4.33. The van der Waals surface area contributed by atoms with Gasteiger partial charge in [-0.3, -0.25) is 0 Å². The van der Waals surface area contributed by atoms with E-state index in [9.17, 15) is 0 Å². The van der Waals surface area contributed by atoms with Crippen molar-refractivity contribution >= 4 is 0 Å². The Balaban J connectivity index is 2.23. The van der Waals surface area contributed by atoms with E-state index >= 15 is 0 Å². The van der Waals surface area contributed by atoms with Crippen molar-refractivity contribution in [3.05, 3.63) is 0 Å². The SMILES string of the molecule is NC[C@H]1C[C@@H](O)CCO1. The Hall–Kier alpha value is -0.120. The van der Waals surface area contributed by atoms with Crippen LogP contribution in [-0.2, 0) is 4.74 Å². The van der Waals surface area contributed by atoms with Gasteiger partial charge in [0.25, 0.3) is 0 Å². The Labute approximate surface area is 54.8 Å². The van der Waals surface area contributed by atoms with Crippen LogP contribution in [0.5, 0.6) is 0 Å². The third kappa shape index (κ3) is 1.93. The summed E-state index contributed by atoms with van der Waals surface area (Å²) < 4.78 is 5.21. The van der Waals surface area contributed by atoms with Crippen molar-refractivity contribution < 1.29 is 9.84 Å². The van der Waals surface area contributed by atoms with Crippen molar-refractivity contribution in [1.82, 2.24) is 0 Å². The molecule has 54 valence electrons. The van der Waals surface area contributed by atoms with Crippen LogP contribution < -0.4 is 5.73 Å². The summed E-state index contributed by atoms with van der Waals surface area (Å²) in [5, 5.41) is 9.08. The summed E-state index contributed by atoms with van der Waals surface area (Å²) in [6.07, 6.45) is 1.37. The highest BCUT2D eigenvalue weighted by atomic mass is 16.5. The first kappa shape index (κ1) is 6.99. The zero-order valence-corrected chi connectivity index (χ0v) is 5.42. The Bertz CT molecular complexity index is 87.1. The van der Waals surface area contributed by atoms with Crippen LogP contribution in [0.15, 0.2) is 0 Å². The summed E-state index contributed by atoms with van der Waals surface area (Å²) in [6.45, 7) is 1.18. The molecule has 0 amide bonds. The van der Waals surface area contributed by atoms with E-state index in [0.717, 1.165) is 6.42 Å². The van der Waals surface area contributed by atoms with Gasteiger partial charge in [-0.25, -0.2) is 0 Å². The van der Waals surface area contributed by atoms with E-state index in [1.54, 1.807) is 0 Å². The van der Waals surface area contributed by atoms with Crippen LogP contribution in [0.3, 0.4) is 0 Å². The van der Waals surface area contributed by atoms with Gasteiger partial charge in [-0.05, 0) is 6.42 Å². The highest BCUT2D eigenvalue weighted by Gasteiger charge is 2.18. The van der Waals surface area contributed by atoms with Gasteiger partial charge in [-0.2, -0.15) is 0 Å². The van der Waals surface area contributed by atoms with Crippen molar-refractivity contribution in [3.63, 3.8) is 0 Å². The number of hydrogen-bond acceptors (Lipinski definition) is 3. The molecule has 1 aliphatic heterocycles. The van der Waals surface area contributed by atoms with Crippen molar-refractivity contribution in [2.24, 2.45) is 5.73 Å². The average Bonchev–Trinajstić information content (AvgIpc) is 1.88. The molecule has 0 aromatic heterocycles. The molecular weight excluding hydrogens is 118 g/mol. The molecule has 0 aliphatic carbocycles. The van der Waals surface area contributed by atoms with Gasteiger partial charge in [-0.1, -0.05) is 0 Å². The highest BCUT2D eigenvalue weighted by molar-refractivity contribution is 4.70. The van der Waals surface area contributed by atoms with Gasteiger partial charge in [0.2, 0.25) is 0 Å². The monoisotopic (exact) mass is 131 g/mol. The molecule has 0 radical (unpaired) electrons. The average molecular weight is 131 g/mol. The largest absolute Gasteiger partial charge is 0.393 e. The van der Waals surface area contributed by atoms with Crippen molar-refractivity contribution in [2.45, 2.75) is 25.0 Å². The quantitative estimate of drug-likeness (QED) is 0.503. The van der Waals surface area contributed by atoms with Crippen LogP contribution in [0.4, 0.5) is 0 Å². The first-order valence-electron chi connectivity index (χ1n) is 3.32. The molecule has 1 saturated heterocycles. The lowest BCUT2D eigenvalue weighted by Gasteiger charge is -2.24. The first-order valence-corrected chi connectivity index (χ1v) is 3.32. The van der Waals surface area contributed by atoms with Crippen LogP contribution in [0.25, 0.3) is 0 Å². The van der Waals surface area contributed by atoms with E-state index in [1.807, 2.05) is 0 Å². The van der Waals surface area contributed by atoms with Gasteiger partial charge >= 0.3 is 0 Å². The summed E-state index contributed by atoms with van der Waals surface area (Å²) >= 11 is 0. The van der Waals surface area contributed by atoms with Gasteiger partial charge in [0.15, 0.2) is 0 Å². The number of nitrogens with two attached hydrogens (primary N) is 1. The number of rotatable bonds is 1. The molecule has 3 heteroatoms. The molecule has 0 spiro atoms. The summed E-state index contributed by atoms with van der Waals surface area (Å²) in [5.74, 6) is 0. The Morgan fingerprint density at radius 1 is 1.67 bits per heavy atom. The van der Waals surface area contributed by atoms with E-state index in [-0.39, 0.29) is 12.2 Å². The second-order valence-electron chi connectivity index (χ2n) is 2.41. The summed E-state index contributed by atoms with van der Waals surface area (Å²) in [7, 11) is 0. The van der Waals surface area contributed by atoms with E-state index < -0.39 is 0 Å². The second-order valence-corrected chi connectivity index (χ2v) is 2.41. The topological polar surface area (TPSA) is 55.5 Å². The lowest BCUT2D eigenvalue weighted by atomic mass is 10.1. The molecule has 0 saturated carbocycles. The summed E-state index contributed by atoms with van der Waals surface area (Å²) in [6, 6.07) is 0. The molecule has 0 aromatic rings. The minimum Gasteiger partial charge on any atom is -0.393 e.